The Hall–Kier alpha value is -1.76. The van der Waals surface area contributed by atoms with E-state index in [1.165, 1.54) is 18.3 Å². The van der Waals surface area contributed by atoms with Crippen molar-refractivity contribution in [3.63, 3.8) is 0 Å². The molecule has 1 aromatic heterocycles. The van der Waals surface area contributed by atoms with Crippen LogP contribution < -0.4 is 10.1 Å². The van der Waals surface area contributed by atoms with Crippen LogP contribution in [-0.2, 0) is 0 Å². The molecule has 1 aliphatic carbocycles. The number of aliphatic hydroxyl groups is 1. The van der Waals surface area contributed by atoms with Gasteiger partial charge in [-0.25, -0.2) is 13.8 Å². The van der Waals surface area contributed by atoms with Crippen LogP contribution in [0.1, 0.15) is 30.1 Å². The van der Waals surface area contributed by atoms with E-state index in [9.17, 15) is 18.7 Å². The van der Waals surface area contributed by atoms with E-state index >= 15 is 0 Å². The molecule has 1 fully saturated rings. The van der Waals surface area contributed by atoms with Gasteiger partial charge in [-0.1, -0.05) is 0 Å². The number of halogens is 2. The van der Waals surface area contributed by atoms with Crippen molar-refractivity contribution >= 4 is 5.91 Å². The minimum atomic E-state index is -2.57. The number of nitrogens with one attached hydrogen (secondary N) is 1. The quantitative estimate of drug-likeness (QED) is 0.802. The van der Waals surface area contributed by atoms with Crippen LogP contribution in [-0.4, -0.2) is 41.2 Å². The van der Waals surface area contributed by atoms with E-state index in [4.69, 9.17) is 4.74 Å². The number of aromatic nitrogens is 1. The van der Waals surface area contributed by atoms with Crippen LogP contribution in [0.4, 0.5) is 8.78 Å². The summed E-state index contributed by atoms with van der Waals surface area (Å²) in [5.41, 5.74) is -0.346. The number of hydrogen-bond donors (Lipinski definition) is 2. The Balaban J connectivity index is 1.96. The van der Waals surface area contributed by atoms with Crippen molar-refractivity contribution in [3.8, 4) is 5.88 Å². The molecule has 0 radical (unpaired) electrons. The molecule has 7 heteroatoms. The topological polar surface area (TPSA) is 71.5 Å². The van der Waals surface area contributed by atoms with Crippen molar-refractivity contribution in [1.82, 2.24) is 10.3 Å². The zero-order chi connectivity index (χ0) is 15.5. The second kappa shape index (κ2) is 6.34. The maximum Gasteiger partial charge on any atom is 0.272 e. The molecule has 0 saturated heterocycles. The van der Waals surface area contributed by atoms with Gasteiger partial charge in [0.1, 0.15) is 0 Å². The third-order valence-corrected chi connectivity index (χ3v) is 3.56. The summed E-state index contributed by atoms with van der Waals surface area (Å²) in [5.74, 6) is -0.0293. The van der Waals surface area contributed by atoms with Gasteiger partial charge in [0, 0.05) is 12.3 Å². The highest BCUT2D eigenvalue weighted by Gasteiger charge is 2.42. The van der Waals surface area contributed by atoms with E-state index in [0.29, 0.717) is 5.56 Å². The number of alkyl halides is 2. The number of carbonyl (C=O) groups excluding carboxylic acids is 1. The lowest BCUT2D eigenvalue weighted by Gasteiger charge is -2.28. The fourth-order valence-electron chi connectivity index (χ4n) is 2.07. The lowest BCUT2D eigenvalue weighted by molar-refractivity contribution is 0.0789. The normalized spacial score (nSPS) is 17.4. The summed E-state index contributed by atoms with van der Waals surface area (Å²) in [6.45, 7) is 0.936. The van der Waals surface area contributed by atoms with Crippen molar-refractivity contribution in [1.29, 1.82) is 0 Å². The number of ether oxygens (including phenoxy) is 1. The van der Waals surface area contributed by atoms with Gasteiger partial charge < -0.3 is 15.2 Å². The van der Waals surface area contributed by atoms with Crippen LogP contribution in [0.5, 0.6) is 5.88 Å². The summed E-state index contributed by atoms with van der Waals surface area (Å²) in [6, 6.07) is 2.82. The monoisotopic (exact) mass is 300 g/mol. The summed E-state index contributed by atoms with van der Waals surface area (Å²) < 4.78 is 28.7. The van der Waals surface area contributed by atoms with Gasteiger partial charge >= 0.3 is 0 Å². The molecule has 1 unspecified atom stereocenters. The molecule has 1 heterocycles. The van der Waals surface area contributed by atoms with Crippen LogP contribution >= 0.6 is 0 Å². The molecule has 0 spiro atoms. The average molecular weight is 300 g/mol. The van der Waals surface area contributed by atoms with Gasteiger partial charge in [0.25, 0.3) is 12.3 Å². The standard InChI is InChI=1S/C14H18F2N2O3/c1-14(8-19,10-3-4-10)18-13(20)9-2-5-12(17-6-9)21-7-11(15)16/h2,5-6,10-11,19H,3-4,7-8H2,1H3,(H,18,20). The molecule has 0 bridgehead atoms. The highest BCUT2D eigenvalue weighted by molar-refractivity contribution is 5.94. The average Bonchev–Trinajstić information content (AvgIpc) is 3.30. The van der Waals surface area contributed by atoms with Crippen LogP contribution in [0.3, 0.4) is 0 Å². The SMILES string of the molecule is CC(CO)(NC(=O)c1ccc(OCC(F)F)nc1)C1CC1. The van der Waals surface area contributed by atoms with E-state index in [-0.39, 0.29) is 24.3 Å². The Kier molecular flexibility index (Phi) is 4.72. The third kappa shape index (κ3) is 4.10. The second-order valence-electron chi connectivity index (χ2n) is 5.39. The van der Waals surface area contributed by atoms with E-state index < -0.39 is 18.6 Å². The lowest BCUT2D eigenvalue weighted by Crippen LogP contribution is -2.50. The van der Waals surface area contributed by atoms with Crippen LogP contribution in [0.25, 0.3) is 0 Å². The van der Waals surface area contributed by atoms with Crippen molar-refractivity contribution < 1.29 is 23.4 Å². The van der Waals surface area contributed by atoms with Gasteiger partial charge in [-0.15, -0.1) is 0 Å². The zero-order valence-electron chi connectivity index (χ0n) is 11.7. The fourth-order valence-corrected chi connectivity index (χ4v) is 2.07. The zero-order valence-corrected chi connectivity index (χ0v) is 11.7. The maximum atomic E-state index is 12.1. The summed E-state index contributed by atoms with van der Waals surface area (Å²) >= 11 is 0. The molecule has 2 rings (SSSR count). The lowest BCUT2D eigenvalue weighted by atomic mass is 9.96. The van der Waals surface area contributed by atoms with E-state index in [0.717, 1.165) is 12.8 Å². The van der Waals surface area contributed by atoms with Crippen LogP contribution in [0.15, 0.2) is 18.3 Å². The second-order valence-corrected chi connectivity index (χ2v) is 5.39. The number of nitrogens with zero attached hydrogens (tertiary/aromatic N) is 1. The summed E-state index contributed by atoms with van der Waals surface area (Å²) in [6.07, 6.45) is 0.658. The molecule has 21 heavy (non-hydrogen) atoms. The summed E-state index contributed by atoms with van der Waals surface area (Å²) in [5, 5.41) is 12.2. The first-order chi connectivity index (χ1) is 9.94. The van der Waals surface area contributed by atoms with Crippen molar-refractivity contribution in [2.24, 2.45) is 5.92 Å². The molecule has 0 aromatic carbocycles. The van der Waals surface area contributed by atoms with Crippen LogP contribution in [0, 0.1) is 5.92 Å². The number of amides is 1. The Morgan fingerprint density at radius 2 is 2.29 bits per heavy atom. The van der Waals surface area contributed by atoms with Gasteiger partial charge in [0.05, 0.1) is 17.7 Å². The molecular formula is C14H18F2N2O3. The number of carbonyl (C=O) groups is 1. The van der Waals surface area contributed by atoms with E-state index in [1.807, 2.05) is 0 Å². The maximum absolute atomic E-state index is 12.1. The third-order valence-electron chi connectivity index (χ3n) is 3.56. The number of pyridine rings is 1. The van der Waals surface area contributed by atoms with Crippen LogP contribution in [0.2, 0.25) is 0 Å². The van der Waals surface area contributed by atoms with Crippen molar-refractivity contribution in [2.45, 2.75) is 31.7 Å². The summed E-state index contributed by atoms with van der Waals surface area (Å²) in [4.78, 5) is 15.9. The molecule has 5 nitrogen and oxygen atoms in total. The molecule has 2 N–H and O–H groups in total. The Bertz CT molecular complexity index is 491. The predicted octanol–water partition coefficient (Wildman–Crippen LogP) is 1.62. The first-order valence-electron chi connectivity index (χ1n) is 6.75. The fraction of sp³-hybridized carbons (Fsp3) is 0.571. The first-order valence-corrected chi connectivity index (χ1v) is 6.75. The largest absolute Gasteiger partial charge is 0.472 e. The minimum absolute atomic E-state index is 0.0407. The summed E-state index contributed by atoms with van der Waals surface area (Å²) in [7, 11) is 0. The van der Waals surface area contributed by atoms with Crippen molar-refractivity contribution in [2.75, 3.05) is 13.2 Å². The smallest absolute Gasteiger partial charge is 0.272 e. The Morgan fingerprint density at radius 3 is 2.76 bits per heavy atom. The van der Waals surface area contributed by atoms with Gasteiger partial charge in [-0.05, 0) is 31.7 Å². The molecule has 1 aromatic rings. The van der Waals surface area contributed by atoms with E-state index in [2.05, 4.69) is 10.3 Å². The highest BCUT2D eigenvalue weighted by atomic mass is 19.3. The Morgan fingerprint density at radius 1 is 1.57 bits per heavy atom. The molecule has 1 atom stereocenters. The number of hydrogen-bond acceptors (Lipinski definition) is 4. The van der Waals surface area contributed by atoms with Gasteiger partial charge in [0.15, 0.2) is 6.61 Å². The number of aliphatic hydroxyl groups excluding tert-OH is 1. The predicted molar refractivity (Wildman–Crippen MR) is 71.4 cm³/mol. The molecule has 116 valence electrons. The van der Waals surface area contributed by atoms with E-state index in [1.54, 1.807) is 6.92 Å². The molecular weight excluding hydrogens is 282 g/mol. The molecule has 0 aliphatic heterocycles. The van der Waals surface area contributed by atoms with Crippen molar-refractivity contribution in [3.05, 3.63) is 23.9 Å². The molecule has 1 aliphatic rings. The van der Waals surface area contributed by atoms with Gasteiger partial charge in [0.2, 0.25) is 5.88 Å². The first kappa shape index (κ1) is 15.6. The Labute approximate surface area is 121 Å². The highest BCUT2D eigenvalue weighted by Crippen LogP contribution is 2.39. The van der Waals surface area contributed by atoms with Gasteiger partial charge in [-0.2, -0.15) is 0 Å². The molecule has 1 saturated carbocycles. The molecule has 1 amide bonds. The minimum Gasteiger partial charge on any atom is -0.472 e. The van der Waals surface area contributed by atoms with Gasteiger partial charge in [-0.3, -0.25) is 4.79 Å². The number of rotatable bonds is 7.